The fraction of sp³-hybridized carbons (Fsp3) is 1.00. The lowest BCUT2D eigenvalue weighted by atomic mass is 10.4. The second-order valence-electron chi connectivity index (χ2n) is 4.88. The second-order valence-corrected chi connectivity index (χ2v) is 7.56. The van der Waals surface area contributed by atoms with Crippen molar-refractivity contribution in [2.24, 2.45) is 0 Å². The van der Waals surface area contributed by atoms with Crippen molar-refractivity contribution in [3.63, 3.8) is 0 Å². The van der Waals surface area contributed by atoms with Crippen molar-refractivity contribution in [2.75, 3.05) is 56.7 Å². The fourth-order valence-corrected chi connectivity index (χ4v) is 3.87. The quantitative estimate of drug-likeness (QED) is 0.659. The lowest BCUT2D eigenvalue weighted by Crippen LogP contribution is -2.34. The Hall–Kier alpha value is 0.160. The summed E-state index contributed by atoms with van der Waals surface area (Å²) in [6, 6.07) is 0. The molecular formula is C12H25ClN2O2S. The zero-order valence-electron chi connectivity index (χ0n) is 11.3. The van der Waals surface area contributed by atoms with Crippen LogP contribution < -0.4 is 0 Å². The summed E-state index contributed by atoms with van der Waals surface area (Å²) in [6.07, 6.45) is 1.82. The van der Waals surface area contributed by atoms with Gasteiger partial charge in [-0.3, -0.25) is 0 Å². The predicted octanol–water partition coefficient (Wildman–Crippen LogP) is 1.06. The lowest BCUT2D eigenvalue weighted by molar-refractivity contribution is 0.273. The molecule has 0 N–H and O–H groups in total. The van der Waals surface area contributed by atoms with E-state index in [0.29, 0.717) is 30.4 Å². The first-order valence-electron chi connectivity index (χ1n) is 6.78. The zero-order valence-corrected chi connectivity index (χ0v) is 12.8. The Bertz CT molecular complexity index is 322. The molecule has 1 aliphatic heterocycles. The lowest BCUT2D eigenvalue weighted by Gasteiger charge is -2.21. The maximum absolute atomic E-state index is 11.7. The highest BCUT2D eigenvalue weighted by Crippen LogP contribution is 2.04. The predicted molar refractivity (Wildman–Crippen MR) is 77.2 cm³/mol. The van der Waals surface area contributed by atoms with Gasteiger partial charge >= 0.3 is 0 Å². The van der Waals surface area contributed by atoms with Crippen LogP contribution in [0.1, 0.15) is 19.8 Å². The Morgan fingerprint density at radius 2 is 1.61 bits per heavy atom. The van der Waals surface area contributed by atoms with E-state index in [4.69, 9.17) is 11.6 Å². The van der Waals surface area contributed by atoms with E-state index in [1.165, 1.54) is 0 Å². The van der Waals surface area contributed by atoms with Crippen LogP contribution in [0.15, 0.2) is 0 Å². The summed E-state index contributed by atoms with van der Waals surface area (Å²) >= 11 is 5.75. The van der Waals surface area contributed by atoms with Crippen LogP contribution in [0.2, 0.25) is 0 Å². The van der Waals surface area contributed by atoms with Crippen LogP contribution in [0.25, 0.3) is 0 Å². The molecule has 18 heavy (non-hydrogen) atoms. The molecule has 0 aliphatic carbocycles. The zero-order chi connectivity index (χ0) is 13.4. The number of halogens is 1. The van der Waals surface area contributed by atoms with Gasteiger partial charge in [0.05, 0.1) is 5.75 Å². The maximum Gasteiger partial charge on any atom is 0.151 e. The minimum Gasteiger partial charge on any atom is -0.301 e. The smallest absolute Gasteiger partial charge is 0.151 e. The van der Waals surface area contributed by atoms with Gasteiger partial charge in [-0.2, -0.15) is 0 Å². The van der Waals surface area contributed by atoms with Crippen molar-refractivity contribution in [1.82, 2.24) is 9.80 Å². The standard InChI is InChI=1S/C12H25ClN2O2S/c1-2-11-18(16,17)12-10-15-6-3-5-14(7-4-13)8-9-15/h2-12H2,1H3. The van der Waals surface area contributed by atoms with Crippen LogP contribution in [-0.4, -0.2) is 74.9 Å². The fourth-order valence-electron chi connectivity index (χ4n) is 2.27. The molecule has 1 fully saturated rings. The average molecular weight is 297 g/mol. The van der Waals surface area contributed by atoms with Crippen molar-refractivity contribution in [2.45, 2.75) is 19.8 Å². The summed E-state index contributed by atoms with van der Waals surface area (Å²) in [5, 5.41) is 0. The minimum atomic E-state index is -2.84. The first kappa shape index (κ1) is 16.2. The molecule has 1 rings (SSSR count). The van der Waals surface area contributed by atoms with Crippen LogP contribution >= 0.6 is 11.6 Å². The summed E-state index contributed by atoms with van der Waals surface area (Å²) in [6.45, 7) is 7.55. The molecule has 1 aliphatic rings. The highest BCUT2D eigenvalue weighted by Gasteiger charge is 2.16. The first-order chi connectivity index (χ1) is 8.57. The molecular weight excluding hydrogens is 272 g/mol. The summed E-state index contributed by atoms with van der Waals surface area (Å²) < 4.78 is 23.3. The van der Waals surface area contributed by atoms with Crippen LogP contribution in [0.5, 0.6) is 0 Å². The van der Waals surface area contributed by atoms with E-state index in [2.05, 4.69) is 9.80 Å². The van der Waals surface area contributed by atoms with Crippen molar-refractivity contribution in [1.29, 1.82) is 0 Å². The van der Waals surface area contributed by atoms with E-state index in [-0.39, 0.29) is 0 Å². The van der Waals surface area contributed by atoms with Crippen LogP contribution in [0.3, 0.4) is 0 Å². The normalized spacial score (nSPS) is 19.9. The Morgan fingerprint density at radius 1 is 1.00 bits per heavy atom. The molecule has 0 saturated carbocycles. The molecule has 1 saturated heterocycles. The number of hydrogen-bond acceptors (Lipinski definition) is 4. The molecule has 0 amide bonds. The van der Waals surface area contributed by atoms with E-state index < -0.39 is 9.84 Å². The van der Waals surface area contributed by atoms with Gasteiger partial charge in [-0.1, -0.05) is 6.92 Å². The number of hydrogen-bond donors (Lipinski definition) is 0. The maximum atomic E-state index is 11.7. The Kier molecular flexibility index (Phi) is 7.53. The highest BCUT2D eigenvalue weighted by molar-refractivity contribution is 7.91. The van der Waals surface area contributed by atoms with E-state index in [9.17, 15) is 8.42 Å². The van der Waals surface area contributed by atoms with Gasteiger partial charge in [0.15, 0.2) is 9.84 Å². The van der Waals surface area contributed by atoms with Gasteiger partial charge < -0.3 is 9.80 Å². The van der Waals surface area contributed by atoms with Crippen molar-refractivity contribution >= 4 is 21.4 Å². The summed E-state index contributed by atoms with van der Waals surface area (Å²) in [7, 11) is -2.84. The molecule has 108 valence electrons. The molecule has 6 heteroatoms. The molecule has 0 radical (unpaired) electrons. The molecule has 0 aromatic carbocycles. The number of alkyl halides is 1. The molecule has 4 nitrogen and oxygen atoms in total. The minimum absolute atomic E-state index is 0.302. The van der Waals surface area contributed by atoms with Crippen molar-refractivity contribution < 1.29 is 8.42 Å². The van der Waals surface area contributed by atoms with Gasteiger partial charge in [-0.05, 0) is 25.9 Å². The van der Waals surface area contributed by atoms with Crippen molar-refractivity contribution in [3.05, 3.63) is 0 Å². The van der Waals surface area contributed by atoms with E-state index in [1.54, 1.807) is 0 Å². The number of nitrogens with zero attached hydrogens (tertiary/aromatic N) is 2. The Balaban J connectivity index is 2.31. The van der Waals surface area contributed by atoms with Crippen LogP contribution in [0, 0.1) is 0 Å². The van der Waals surface area contributed by atoms with Crippen LogP contribution in [-0.2, 0) is 9.84 Å². The Labute approximate surface area is 116 Å². The van der Waals surface area contributed by atoms with Gasteiger partial charge in [0.25, 0.3) is 0 Å². The highest BCUT2D eigenvalue weighted by atomic mass is 35.5. The topological polar surface area (TPSA) is 40.6 Å². The third kappa shape index (κ3) is 6.36. The largest absolute Gasteiger partial charge is 0.301 e. The van der Waals surface area contributed by atoms with E-state index >= 15 is 0 Å². The average Bonchev–Trinajstić information content (AvgIpc) is 2.53. The summed E-state index contributed by atoms with van der Waals surface area (Å²) in [5.41, 5.74) is 0. The molecule has 0 bridgehead atoms. The van der Waals surface area contributed by atoms with Gasteiger partial charge in [-0.15, -0.1) is 11.6 Å². The number of sulfone groups is 1. The van der Waals surface area contributed by atoms with Gasteiger partial charge in [0.1, 0.15) is 0 Å². The van der Waals surface area contributed by atoms with E-state index in [0.717, 1.165) is 39.1 Å². The van der Waals surface area contributed by atoms with Gasteiger partial charge in [0.2, 0.25) is 0 Å². The SMILES string of the molecule is CCCS(=O)(=O)CCN1CCCN(CCCl)CC1. The first-order valence-corrected chi connectivity index (χ1v) is 9.14. The second kappa shape index (κ2) is 8.35. The van der Waals surface area contributed by atoms with E-state index in [1.807, 2.05) is 6.92 Å². The molecule has 1 heterocycles. The third-order valence-corrected chi connectivity index (χ3v) is 5.32. The Morgan fingerprint density at radius 3 is 2.17 bits per heavy atom. The molecule has 0 spiro atoms. The van der Waals surface area contributed by atoms with Gasteiger partial charge in [-0.25, -0.2) is 8.42 Å². The molecule has 0 unspecified atom stereocenters. The summed E-state index contributed by atoms with van der Waals surface area (Å²) in [4.78, 5) is 4.62. The van der Waals surface area contributed by atoms with Crippen LogP contribution in [0.4, 0.5) is 0 Å². The molecule has 0 aromatic heterocycles. The molecule has 0 atom stereocenters. The third-order valence-electron chi connectivity index (χ3n) is 3.32. The van der Waals surface area contributed by atoms with Gasteiger partial charge in [0, 0.05) is 37.8 Å². The number of rotatable bonds is 7. The monoisotopic (exact) mass is 296 g/mol. The summed E-state index contributed by atoms with van der Waals surface area (Å²) in [5.74, 6) is 1.29. The van der Waals surface area contributed by atoms with Crippen molar-refractivity contribution in [3.8, 4) is 0 Å². The molecule has 0 aromatic rings.